The highest BCUT2D eigenvalue weighted by molar-refractivity contribution is 7.99. The summed E-state index contributed by atoms with van der Waals surface area (Å²) < 4.78 is 26.4. The van der Waals surface area contributed by atoms with Gasteiger partial charge in [-0.2, -0.15) is 0 Å². The minimum Gasteiger partial charge on any atom is -0.357 e. The number of rotatable bonds is 8. The van der Waals surface area contributed by atoms with E-state index in [2.05, 4.69) is 20.6 Å². The van der Waals surface area contributed by atoms with Gasteiger partial charge in [0.1, 0.15) is 11.6 Å². The van der Waals surface area contributed by atoms with Crippen molar-refractivity contribution in [3.63, 3.8) is 0 Å². The summed E-state index contributed by atoms with van der Waals surface area (Å²) in [6.07, 6.45) is 2.48. The lowest BCUT2D eigenvalue weighted by molar-refractivity contribution is 0.599. The Labute approximate surface area is 151 Å². The van der Waals surface area contributed by atoms with Gasteiger partial charge in [-0.15, -0.1) is 11.8 Å². The van der Waals surface area contributed by atoms with Crippen LogP contribution in [-0.4, -0.2) is 29.8 Å². The summed E-state index contributed by atoms with van der Waals surface area (Å²) in [4.78, 5) is 9.39. The first-order valence-corrected chi connectivity index (χ1v) is 9.17. The lowest BCUT2D eigenvalue weighted by Crippen LogP contribution is -2.37. The predicted molar refractivity (Wildman–Crippen MR) is 98.8 cm³/mol. The number of aromatic nitrogens is 1. The fraction of sp³-hybridized carbons (Fsp3) is 0.333. The number of guanidine groups is 1. The Hall–Kier alpha value is -2.15. The molecular formula is C18H22F2N4S. The maximum absolute atomic E-state index is 13.6. The summed E-state index contributed by atoms with van der Waals surface area (Å²) in [6, 6.07) is 9.43. The predicted octanol–water partition coefficient (Wildman–Crippen LogP) is 3.60. The van der Waals surface area contributed by atoms with Crippen molar-refractivity contribution in [2.75, 3.05) is 18.8 Å². The number of pyridine rings is 1. The number of thioether (sulfide) groups is 1. The highest BCUT2D eigenvalue weighted by atomic mass is 32.2. The van der Waals surface area contributed by atoms with Crippen LogP contribution >= 0.6 is 11.8 Å². The molecule has 0 saturated carbocycles. The quantitative estimate of drug-likeness (QED) is 0.325. The monoisotopic (exact) mass is 364 g/mol. The van der Waals surface area contributed by atoms with Crippen LogP contribution in [0.1, 0.15) is 19.0 Å². The first kappa shape index (κ1) is 19.2. The molecule has 0 spiro atoms. The molecule has 0 saturated heterocycles. The van der Waals surface area contributed by atoms with E-state index in [0.29, 0.717) is 11.7 Å². The van der Waals surface area contributed by atoms with Crippen LogP contribution in [0.3, 0.4) is 0 Å². The number of nitrogens with zero attached hydrogens (tertiary/aromatic N) is 2. The minimum absolute atomic E-state index is 0.187. The molecule has 7 heteroatoms. The van der Waals surface area contributed by atoms with Crippen LogP contribution in [0.5, 0.6) is 0 Å². The zero-order chi connectivity index (χ0) is 17.9. The number of nitrogens with one attached hydrogen (secondary N) is 2. The van der Waals surface area contributed by atoms with Gasteiger partial charge in [0.15, 0.2) is 5.96 Å². The van der Waals surface area contributed by atoms with E-state index in [1.807, 2.05) is 6.92 Å². The molecule has 134 valence electrons. The summed E-state index contributed by atoms with van der Waals surface area (Å²) >= 11 is 1.68. The van der Waals surface area contributed by atoms with Crippen molar-refractivity contribution in [2.45, 2.75) is 24.8 Å². The molecule has 0 aliphatic rings. The number of benzene rings is 1. The highest BCUT2D eigenvalue weighted by Gasteiger charge is 2.03. The van der Waals surface area contributed by atoms with Crippen LogP contribution < -0.4 is 10.6 Å². The molecule has 0 fully saturated rings. The molecule has 1 heterocycles. The maximum Gasteiger partial charge on any atom is 0.191 e. The Morgan fingerprint density at radius 3 is 2.68 bits per heavy atom. The third kappa shape index (κ3) is 7.09. The van der Waals surface area contributed by atoms with Crippen molar-refractivity contribution in [1.29, 1.82) is 0 Å². The van der Waals surface area contributed by atoms with Crippen molar-refractivity contribution in [3.8, 4) is 0 Å². The van der Waals surface area contributed by atoms with Crippen LogP contribution in [0.4, 0.5) is 8.78 Å². The van der Waals surface area contributed by atoms with Gasteiger partial charge in [0.25, 0.3) is 0 Å². The Morgan fingerprint density at radius 1 is 1.16 bits per heavy atom. The molecule has 0 amide bonds. The van der Waals surface area contributed by atoms with Crippen LogP contribution in [0.15, 0.2) is 52.5 Å². The van der Waals surface area contributed by atoms with Crippen LogP contribution in [0.25, 0.3) is 0 Å². The Balaban J connectivity index is 1.74. The van der Waals surface area contributed by atoms with Crippen LogP contribution in [0.2, 0.25) is 0 Å². The van der Waals surface area contributed by atoms with E-state index >= 15 is 0 Å². The minimum atomic E-state index is -0.349. The van der Waals surface area contributed by atoms with E-state index in [1.165, 1.54) is 18.2 Å². The second-order valence-electron chi connectivity index (χ2n) is 5.21. The number of aliphatic imine (C=N–C) groups is 1. The fourth-order valence-corrected chi connectivity index (χ4v) is 2.88. The number of halogens is 2. The molecule has 1 aromatic carbocycles. The summed E-state index contributed by atoms with van der Waals surface area (Å²) in [5.41, 5.74) is 0.326. The second-order valence-corrected chi connectivity index (χ2v) is 6.38. The Kier molecular flexibility index (Phi) is 8.18. The van der Waals surface area contributed by atoms with E-state index in [0.717, 1.165) is 30.2 Å². The Bertz CT molecular complexity index is 677. The molecule has 0 atom stereocenters. The van der Waals surface area contributed by atoms with Crippen molar-refractivity contribution in [2.24, 2.45) is 4.99 Å². The molecule has 4 nitrogen and oxygen atoms in total. The molecular weight excluding hydrogens is 342 g/mol. The topological polar surface area (TPSA) is 49.3 Å². The maximum atomic E-state index is 13.6. The summed E-state index contributed by atoms with van der Waals surface area (Å²) in [5, 5.41) is 6.35. The van der Waals surface area contributed by atoms with Crippen molar-refractivity contribution in [3.05, 3.63) is 59.9 Å². The normalized spacial score (nSPS) is 11.4. The van der Waals surface area contributed by atoms with Gasteiger partial charge in [-0.25, -0.2) is 13.8 Å². The lowest BCUT2D eigenvalue weighted by Gasteiger charge is -2.11. The van der Waals surface area contributed by atoms with E-state index in [4.69, 9.17) is 0 Å². The molecule has 0 aliphatic carbocycles. The van der Waals surface area contributed by atoms with Crippen molar-refractivity contribution >= 4 is 17.7 Å². The lowest BCUT2D eigenvalue weighted by atomic mass is 10.3. The van der Waals surface area contributed by atoms with Crippen molar-refractivity contribution < 1.29 is 8.78 Å². The zero-order valence-electron chi connectivity index (χ0n) is 14.1. The highest BCUT2D eigenvalue weighted by Crippen LogP contribution is 2.18. The van der Waals surface area contributed by atoms with Gasteiger partial charge < -0.3 is 10.6 Å². The fourth-order valence-electron chi connectivity index (χ4n) is 2.03. The summed E-state index contributed by atoms with van der Waals surface area (Å²) in [6.45, 7) is 3.63. The Morgan fingerprint density at radius 2 is 1.96 bits per heavy atom. The van der Waals surface area contributed by atoms with Gasteiger partial charge >= 0.3 is 0 Å². The van der Waals surface area contributed by atoms with Gasteiger partial charge in [0.05, 0.1) is 12.2 Å². The SMILES string of the molecule is CCNC(=NCc1ncccc1F)NCCCSc1ccc(F)cc1. The van der Waals surface area contributed by atoms with Gasteiger partial charge in [-0.05, 0) is 55.5 Å². The first-order valence-electron chi connectivity index (χ1n) is 8.19. The third-order valence-corrected chi connectivity index (χ3v) is 4.36. The molecule has 0 unspecified atom stereocenters. The molecule has 0 aliphatic heterocycles. The van der Waals surface area contributed by atoms with E-state index in [1.54, 1.807) is 36.2 Å². The summed E-state index contributed by atoms with van der Waals surface area (Å²) in [7, 11) is 0. The molecule has 2 N–H and O–H groups in total. The number of hydrogen-bond donors (Lipinski definition) is 2. The molecule has 2 aromatic rings. The average Bonchev–Trinajstić information content (AvgIpc) is 2.62. The molecule has 2 rings (SSSR count). The number of hydrogen-bond acceptors (Lipinski definition) is 3. The van der Waals surface area contributed by atoms with E-state index in [-0.39, 0.29) is 18.2 Å². The van der Waals surface area contributed by atoms with E-state index in [9.17, 15) is 8.78 Å². The largest absolute Gasteiger partial charge is 0.357 e. The average molecular weight is 364 g/mol. The molecule has 25 heavy (non-hydrogen) atoms. The first-order chi connectivity index (χ1) is 12.2. The smallest absolute Gasteiger partial charge is 0.191 e. The molecule has 0 bridgehead atoms. The van der Waals surface area contributed by atoms with Gasteiger partial charge in [0.2, 0.25) is 0 Å². The molecule has 1 aromatic heterocycles. The van der Waals surface area contributed by atoms with E-state index < -0.39 is 0 Å². The van der Waals surface area contributed by atoms with Crippen molar-refractivity contribution in [1.82, 2.24) is 15.6 Å². The van der Waals surface area contributed by atoms with Gasteiger partial charge in [0, 0.05) is 24.2 Å². The van der Waals surface area contributed by atoms with Crippen LogP contribution in [-0.2, 0) is 6.54 Å². The second kappa shape index (κ2) is 10.7. The van der Waals surface area contributed by atoms with Gasteiger partial charge in [-0.3, -0.25) is 4.98 Å². The third-order valence-electron chi connectivity index (χ3n) is 3.26. The zero-order valence-corrected chi connectivity index (χ0v) is 15.0. The summed E-state index contributed by atoms with van der Waals surface area (Å²) in [5.74, 6) is 0.978. The van der Waals surface area contributed by atoms with Gasteiger partial charge in [-0.1, -0.05) is 0 Å². The van der Waals surface area contributed by atoms with Crippen LogP contribution in [0, 0.1) is 11.6 Å². The standard InChI is InChI=1S/C18H22F2N4S/c1-2-21-18(24-13-17-16(20)5-3-10-22-17)23-11-4-12-25-15-8-6-14(19)7-9-15/h3,5-10H,2,4,11-13H2,1H3,(H2,21,23,24). The molecule has 0 radical (unpaired) electrons.